The fourth-order valence-electron chi connectivity index (χ4n) is 2.02. The van der Waals surface area contributed by atoms with Crippen LogP contribution in [0.3, 0.4) is 0 Å². The van der Waals surface area contributed by atoms with Gasteiger partial charge in [-0.15, -0.1) is 0 Å². The normalized spacial score (nSPS) is 11.0. The molecule has 0 saturated heterocycles. The zero-order valence-electron chi connectivity index (χ0n) is 13.6. The van der Waals surface area contributed by atoms with Crippen molar-refractivity contribution in [2.24, 2.45) is 0 Å². The first-order chi connectivity index (χ1) is 10.8. The number of hydrogen-bond acceptors (Lipinski definition) is 3. The Morgan fingerprint density at radius 2 is 1.78 bits per heavy atom. The van der Waals surface area contributed by atoms with E-state index < -0.39 is 5.60 Å². The average Bonchev–Trinajstić information content (AvgIpc) is 2.51. The first-order valence-electron chi connectivity index (χ1n) is 7.22. The van der Waals surface area contributed by atoms with E-state index in [2.05, 4.69) is 5.32 Å². The molecule has 23 heavy (non-hydrogen) atoms. The molecule has 2 aromatic carbocycles. The van der Waals surface area contributed by atoms with E-state index in [1.165, 1.54) is 0 Å². The summed E-state index contributed by atoms with van der Waals surface area (Å²) in [6.45, 7) is 5.37. The molecule has 5 heteroatoms. The van der Waals surface area contributed by atoms with Gasteiger partial charge < -0.3 is 14.8 Å². The second-order valence-corrected chi connectivity index (χ2v) is 6.16. The highest BCUT2D eigenvalue weighted by Crippen LogP contribution is 2.27. The lowest BCUT2D eigenvalue weighted by atomic mass is 10.1. The minimum absolute atomic E-state index is 0.269. The van der Waals surface area contributed by atoms with E-state index in [0.717, 1.165) is 5.56 Å². The van der Waals surface area contributed by atoms with Crippen LogP contribution in [0.15, 0.2) is 42.5 Å². The molecule has 0 bridgehead atoms. The number of hydrogen-bond donors (Lipinski definition) is 1. The summed E-state index contributed by atoms with van der Waals surface area (Å²) in [5.74, 6) is 0.917. The van der Waals surface area contributed by atoms with Gasteiger partial charge in [0.05, 0.1) is 12.8 Å². The molecule has 0 atom stereocenters. The summed E-state index contributed by atoms with van der Waals surface area (Å²) in [4.78, 5) is 12.5. The molecule has 2 aromatic rings. The van der Waals surface area contributed by atoms with Gasteiger partial charge in [0.15, 0.2) is 5.60 Å². The Bertz CT molecular complexity index is 696. The van der Waals surface area contributed by atoms with Crippen LogP contribution in [0.25, 0.3) is 0 Å². The van der Waals surface area contributed by atoms with Crippen molar-refractivity contribution in [3.63, 3.8) is 0 Å². The van der Waals surface area contributed by atoms with E-state index in [1.807, 2.05) is 25.1 Å². The maximum absolute atomic E-state index is 12.5. The van der Waals surface area contributed by atoms with Gasteiger partial charge in [0, 0.05) is 5.02 Å². The molecule has 1 N–H and O–H groups in total. The Morgan fingerprint density at radius 1 is 1.13 bits per heavy atom. The molecule has 0 fully saturated rings. The van der Waals surface area contributed by atoms with Crippen molar-refractivity contribution in [2.45, 2.75) is 26.4 Å². The van der Waals surface area contributed by atoms with Crippen LogP contribution >= 0.6 is 11.6 Å². The zero-order valence-corrected chi connectivity index (χ0v) is 14.4. The second kappa shape index (κ2) is 6.92. The topological polar surface area (TPSA) is 47.6 Å². The largest absolute Gasteiger partial charge is 0.495 e. The lowest BCUT2D eigenvalue weighted by molar-refractivity contribution is -0.128. The fraction of sp³-hybridized carbons (Fsp3) is 0.278. The summed E-state index contributed by atoms with van der Waals surface area (Å²) in [5, 5.41) is 3.46. The molecule has 0 aliphatic carbocycles. The summed E-state index contributed by atoms with van der Waals surface area (Å²) < 4.78 is 11.1. The second-order valence-electron chi connectivity index (χ2n) is 5.72. The number of halogens is 1. The van der Waals surface area contributed by atoms with Gasteiger partial charge in [0.25, 0.3) is 5.91 Å². The van der Waals surface area contributed by atoms with Gasteiger partial charge in [-0.3, -0.25) is 4.79 Å². The lowest BCUT2D eigenvalue weighted by Crippen LogP contribution is -2.42. The SMILES string of the molecule is COc1cc(C)ccc1NC(=O)C(C)(C)Oc1ccc(Cl)cc1. The predicted octanol–water partition coefficient (Wildman–Crippen LogP) is 4.45. The fourth-order valence-corrected chi connectivity index (χ4v) is 2.14. The third-order valence-electron chi connectivity index (χ3n) is 3.34. The number of methoxy groups -OCH3 is 1. The Balaban J connectivity index is 2.13. The molecule has 4 nitrogen and oxygen atoms in total. The monoisotopic (exact) mass is 333 g/mol. The molecular weight excluding hydrogens is 314 g/mol. The summed E-state index contributed by atoms with van der Waals surface area (Å²) in [5.41, 5.74) is 0.608. The number of nitrogens with one attached hydrogen (secondary N) is 1. The van der Waals surface area contributed by atoms with Crippen LogP contribution in [0.2, 0.25) is 5.02 Å². The molecule has 0 unspecified atom stereocenters. The third kappa shape index (κ3) is 4.39. The van der Waals surface area contributed by atoms with E-state index in [-0.39, 0.29) is 5.91 Å². The smallest absolute Gasteiger partial charge is 0.268 e. The van der Waals surface area contributed by atoms with Gasteiger partial charge in [-0.05, 0) is 62.7 Å². The van der Waals surface area contributed by atoms with Crippen LogP contribution < -0.4 is 14.8 Å². The summed E-state index contributed by atoms with van der Waals surface area (Å²) in [7, 11) is 1.57. The minimum atomic E-state index is -1.05. The van der Waals surface area contributed by atoms with E-state index in [9.17, 15) is 4.79 Å². The maximum Gasteiger partial charge on any atom is 0.268 e. The lowest BCUT2D eigenvalue weighted by Gasteiger charge is -2.25. The predicted molar refractivity (Wildman–Crippen MR) is 92.5 cm³/mol. The van der Waals surface area contributed by atoms with Crippen LogP contribution in [-0.4, -0.2) is 18.6 Å². The van der Waals surface area contributed by atoms with Gasteiger partial charge >= 0.3 is 0 Å². The minimum Gasteiger partial charge on any atom is -0.495 e. The number of benzene rings is 2. The number of carbonyl (C=O) groups is 1. The van der Waals surface area contributed by atoms with Crippen molar-refractivity contribution >= 4 is 23.2 Å². The molecule has 122 valence electrons. The average molecular weight is 334 g/mol. The molecular formula is C18H20ClNO3. The van der Waals surface area contributed by atoms with Crippen molar-refractivity contribution in [3.05, 3.63) is 53.1 Å². The van der Waals surface area contributed by atoms with Crippen LogP contribution in [-0.2, 0) is 4.79 Å². The van der Waals surface area contributed by atoms with E-state index in [1.54, 1.807) is 45.2 Å². The first-order valence-corrected chi connectivity index (χ1v) is 7.60. The highest BCUT2D eigenvalue weighted by molar-refractivity contribution is 6.30. The quantitative estimate of drug-likeness (QED) is 0.879. The number of rotatable bonds is 5. The van der Waals surface area contributed by atoms with Gasteiger partial charge in [-0.2, -0.15) is 0 Å². The van der Waals surface area contributed by atoms with Crippen molar-refractivity contribution in [3.8, 4) is 11.5 Å². The van der Waals surface area contributed by atoms with Crippen LogP contribution in [0.4, 0.5) is 5.69 Å². The summed E-state index contributed by atoms with van der Waals surface area (Å²) in [6.07, 6.45) is 0. The van der Waals surface area contributed by atoms with Gasteiger partial charge in [0.2, 0.25) is 0 Å². The number of anilines is 1. The summed E-state index contributed by atoms with van der Waals surface area (Å²) in [6, 6.07) is 12.5. The molecule has 2 rings (SSSR count). The van der Waals surface area contributed by atoms with E-state index in [4.69, 9.17) is 21.1 Å². The van der Waals surface area contributed by atoms with E-state index >= 15 is 0 Å². The summed E-state index contributed by atoms with van der Waals surface area (Å²) >= 11 is 5.85. The van der Waals surface area contributed by atoms with Crippen LogP contribution in [0.1, 0.15) is 19.4 Å². The van der Waals surface area contributed by atoms with Gasteiger partial charge in [0.1, 0.15) is 11.5 Å². The molecule has 0 aliphatic heterocycles. The zero-order chi connectivity index (χ0) is 17.0. The van der Waals surface area contributed by atoms with Crippen molar-refractivity contribution in [1.82, 2.24) is 0 Å². The van der Waals surface area contributed by atoms with Gasteiger partial charge in [-0.1, -0.05) is 17.7 Å². The molecule has 0 spiro atoms. The van der Waals surface area contributed by atoms with Gasteiger partial charge in [-0.25, -0.2) is 0 Å². The number of ether oxygens (including phenoxy) is 2. The highest BCUT2D eigenvalue weighted by Gasteiger charge is 2.30. The molecule has 1 amide bonds. The molecule has 0 radical (unpaired) electrons. The number of aryl methyl sites for hydroxylation is 1. The van der Waals surface area contributed by atoms with Crippen molar-refractivity contribution in [1.29, 1.82) is 0 Å². The number of carbonyl (C=O) groups excluding carboxylic acids is 1. The molecule has 0 aliphatic rings. The first kappa shape index (κ1) is 17.2. The Labute approximate surface area is 141 Å². The molecule has 0 heterocycles. The standard InChI is InChI=1S/C18H20ClNO3/c1-12-5-10-15(16(11-12)22-4)20-17(21)18(2,3)23-14-8-6-13(19)7-9-14/h5-11H,1-4H3,(H,20,21). The Kier molecular flexibility index (Phi) is 5.16. The Hall–Kier alpha value is -2.20. The van der Waals surface area contributed by atoms with Crippen LogP contribution in [0, 0.1) is 6.92 Å². The Morgan fingerprint density at radius 3 is 2.39 bits per heavy atom. The maximum atomic E-state index is 12.5. The van der Waals surface area contributed by atoms with Crippen molar-refractivity contribution < 1.29 is 14.3 Å². The highest BCUT2D eigenvalue weighted by atomic mass is 35.5. The molecule has 0 aromatic heterocycles. The third-order valence-corrected chi connectivity index (χ3v) is 3.59. The molecule has 0 saturated carbocycles. The van der Waals surface area contributed by atoms with Crippen LogP contribution in [0.5, 0.6) is 11.5 Å². The van der Waals surface area contributed by atoms with E-state index in [0.29, 0.717) is 22.2 Å². The number of amides is 1. The van der Waals surface area contributed by atoms with Crippen molar-refractivity contribution in [2.75, 3.05) is 12.4 Å².